The highest BCUT2D eigenvalue weighted by atomic mass is 35.5. The van der Waals surface area contributed by atoms with E-state index in [2.05, 4.69) is 58.5 Å². The molecule has 1 atom stereocenters. The Kier molecular flexibility index (Phi) is 32.6. The zero-order chi connectivity index (χ0) is 73.1. The van der Waals surface area contributed by atoms with E-state index in [9.17, 15) is 94.7 Å². The Morgan fingerprint density at radius 1 is 0.729 bits per heavy atom. The molecule has 0 aliphatic rings. The molecule has 528 valence electrons. The summed E-state index contributed by atoms with van der Waals surface area (Å²) in [6.07, 6.45) is 2.45. The summed E-state index contributed by atoms with van der Waals surface area (Å²) in [4.78, 5) is 89.7. The molecule has 0 saturated heterocycles. The number of sulfone groups is 1. The molecular weight excluding hydrogens is 1440 g/mol. The highest BCUT2D eigenvalue weighted by Gasteiger charge is 2.32. The minimum atomic E-state index is -4.71. The molecule has 96 heavy (non-hydrogen) atoms. The molecule has 3 aromatic heterocycles. The van der Waals surface area contributed by atoms with Gasteiger partial charge in [-0.2, -0.15) is 59.1 Å². The van der Waals surface area contributed by atoms with E-state index < -0.39 is 142 Å². The van der Waals surface area contributed by atoms with Crippen molar-refractivity contribution in [2.45, 2.75) is 48.1 Å². The number of aliphatic carboxylic acids is 1. The smallest absolute Gasteiger partial charge is 0.416 e. The molecule has 0 radical (unpaired) electrons. The highest BCUT2D eigenvalue weighted by Crippen LogP contribution is 2.39. The second-order valence-corrected chi connectivity index (χ2v) is 27.4. The van der Waals surface area contributed by atoms with Gasteiger partial charge < -0.3 is 53.0 Å². The molecule has 1 unspecified atom stereocenters. The molecule has 8 N–H and O–H groups in total. The van der Waals surface area contributed by atoms with Crippen molar-refractivity contribution in [3.05, 3.63) is 117 Å². The van der Waals surface area contributed by atoms with Crippen molar-refractivity contribution in [3.63, 3.8) is 0 Å². The summed E-state index contributed by atoms with van der Waals surface area (Å²) in [5, 5.41) is 32.7. The van der Waals surface area contributed by atoms with Crippen molar-refractivity contribution >= 4 is 102 Å². The monoisotopic (exact) mass is 1490 g/mol. The Morgan fingerprint density at radius 2 is 1.23 bits per heavy atom. The lowest BCUT2D eigenvalue weighted by atomic mass is 10.2. The molecule has 0 fully saturated rings. The highest BCUT2D eigenvalue weighted by molar-refractivity contribution is 7.94. The number of halogens is 8. The summed E-state index contributed by atoms with van der Waals surface area (Å²) in [6, 6.07) is 12.1. The van der Waals surface area contributed by atoms with E-state index in [1.54, 1.807) is 17.0 Å². The maximum atomic E-state index is 12.6. The topological polar surface area (TPSA) is 495 Å². The van der Waals surface area contributed by atoms with Crippen LogP contribution in [-0.2, 0) is 56.3 Å². The normalized spacial score (nSPS) is 11.8. The first-order chi connectivity index (χ1) is 44.5. The second kappa shape index (κ2) is 37.7. The van der Waals surface area contributed by atoms with Gasteiger partial charge in [-0.15, -0.1) is 0 Å². The van der Waals surface area contributed by atoms with E-state index in [4.69, 9.17) is 45.7 Å². The fraction of sp³-hybridized carbons (Fsp3) is 0.286. The standard InChI is InChI=1S/C15H11ClF3NO4.C14H10F4N4O7S.C14H17N5O7S2.C3H8NO5P.C3H9S/c1-2-23-14-8-10(4-5-12(14)20(21)22)24-13-6-3-9(7-11(13)16)15(17,18)19;15-11(16)28-8-5-9(29-12(17)18)20-13(19-8)21-14(25)22-30(26,27)7-4-2-1-3-6(7)10(23)24;1-4-27(21,22)9-6-5-7-15-12(9)28(23,24)19-14(20)18-13-16-10(25-2)8-11(17-13)26-3;5-3(6)1-4-2-10(7,8)9;1-4(2)3/h3-8H,2H2,1H3;1-5,11-12H,(H,23,24)(H2,19,20,21,22,25);5-8H,4H2,1-3H3,(H2,16,17,18,19,20);4H,1-2H2,(H,5,6)(H2,7,8,9);1-3H3/q;;;;+1/p-1. The minimum absolute atomic E-state index is 0.0111. The first kappa shape index (κ1) is 82.9. The first-order valence-electron chi connectivity index (χ1n) is 25.3. The molecular formula is C49H54ClF7N11O23PS4. The van der Waals surface area contributed by atoms with Crippen LogP contribution in [0.4, 0.5) is 57.9 Å². The van der Waals surface area contributed by atoms with Crippen LogP contribution in [0.3, 0.4) is 0 Å². The lowest BCUT2D eigenvalue weighted by Crippen LogP contribution is -2.36. The van der Waals surface area contributed by atoms with Crippen LogP contribution in [0.1, 0.15) is 29.8 Å². The van der Waals surface area contributed by atoms with Gasteiger partial charge in [0.25, 0.3) is 20.0 Å². The number of aromatic nitrogens is 5. The average molecular weight is 1490 g/mol. The molecule has 6 rings (SSSR count). The molecule has 34 nitrogen and oxygen atoms in total. The van der Waals surface area contributed by atoms with Crippen molar-refractivity contribution in [2.24, 2.45) is 0 Å². The third-order valence-electron chi connectivity index (χ3n) is 9.72. The number of anilines is 2. The number of ether oxygens (including phenoxy) is 6. The Balaban J connectivity index is 0.000000446. The van der Waals surface area contributed by atoms with E-state index in [1.165, 1.54) is 68.3 Å². The van der Waals surface area contributed by atoms with Crippen LogP contribution < -0.4 is 58.7 Å². The quantitative estimate of drug-likeness (QED) is 0.0110. The lowest BCUT2D eigenvalue weighted by molar-refractivity contribution is -0.385. The number of sulfonamides is 2. The number of alkyl halides is 7. The van der Waals surface area contributed by atoms with Crippen molar-refractivity contribution < 1.29 is 133 Å². The summed E-state index contributed by atoms with van der Waals surface area (Å²) in [5.41, 5.74) is -1.80. The molecule has 3 heterocycles. The predicted molar refractivity (Wildman–Crippen MR) is 321 cm³/mol. The second-order valence-electron chi connectivity index (χ2n) is 17.4. The Labute approximate surface area is 546 Å². The fourth-order valence-electron chi connectivity index (χ4n) is 6.05. The number of pyridine rings is 1. The van der Waals surface area contributed by atoms with Crippen LogP contribution in [0.2, 0.25) is 5.02 Å². The number of nitrogens with one attached hydrogen (secondary N) is 5. The van der Waals surface area contributed by atoms with Crippen LogP contribution in [-0.4, -0.2) is 166 Å². The van der Waals surface area contributed by atoms with Crippen molar-refractivity contribution in [2.75, 3.05) is 68.8 Å². The van der Waals surface area contributed by atoms with Gasteiger partial charge in [-0.1, -0.05) is 30.7 Å². The number of urea groups is 2. The molecule has 47 heteroatoms. The van der Waals surface area contributed by atoms with Crippen molar-refractivity contribution in [1.82, 2.24) is 39.7 Å². The Bertz CT molecular complexity index is 4030. The van der Waals surface area contributed by atoms with Gasteiger partial charge in [0.15, 0.2) is 14.9 Å². The number of nitro groups is 1. The zero-order valence-electron chi connectivity index (χ0n) is 49.9. The number of benzene rings is 3. The minimum Gasteiger partial charge on any atom is -0.778 e. The van der Waals surface area contributed by atoms with Gasteiger partial charge in [0.1, 0.15) is 28.9 Å². The summed E-state index contributed by atoms with van der Waals surface area (Å²) in [6.45, 7) is -4.09. The Hall–Kier alpha value is -9.24. The molecule has 0 spiro atoms. The molecule has 0 saturated carbocycles. The van der Waals surface area contributed by atoms with E-state index in [-0.39, 0.29) is 58.0 Å². The largest absolute Gasteiger partial charge is 0.778 e. The first-order valence-corrected chi connectivity index (χ1v) is 34.5. The van der Waals surface area contributed by atoms with Gasteiger partial charge in [-0.05, 0) is 66.3 Å². The zero-order valence-corrected chi connectivity index (χ0v) is 54.9. The maximum absolute atomic E-state index is 12.6. The summed E-state index contributed by atoms with van der Waals surface area (Å²) < 4.78 is 202. The van der Waals surface area contributed by atoms with Crippen molar-refractivity contribution in [3.8, 4) is 40.8 Å². The third kappa shape index (κ3) is 29.6. The number of nitro benzene ring substituents is 1. The number of hydrogen-bond donors (Lipinski definition) is 8. The van der Waals surface area contributed by atoms with E-state index >= 15 is 0 Å². The van der Waals surface area contributed by atoms with Crippen LogP contribution >= 0.6 is 19.2 Å². The van der Waals surface area contributed by atoms with E-state index in [0.29, 0.717) is 17.0 Å². The van der Waals surface area contributed by atoms with Gasteiger partial charge in [0.2, 0.25) is 41.2 Å². The fourth-order valence-corrected chi connectivity index (χ4v) is 10.3. The van der Waals surface area contributed by atoms with Gasteiger partial charge in [-0.3, -0.25) is 30.9 Å². The van der Waals surface area contributed by atoms with Gasteiger partial charge >= 0.3 is 49.1 Å². The summed E-state index contributed by atoms with van der Waals surface area (Å²) in [7, 11) is -14.3. The number of carboxylic acid groups (broad SMARTS) is 2. The van der Waals surface area contributed by atoms with E-state index in [1.807, 2.05) is 5.32 Å². The molecule has 4 amide bonds. The van der Waals surface area contributed by atoms with Gasteiger partial charge in [0, 0.05) is 18.3 Å². The molecule has 0 aliphatic heterocycles. The van der Waals surface area contributed by atoms with Gasteiger partial charge in [0.05, 0.1) is 91.4 Å². The SMILES string of the molecule is CCOc1cc(Oc2ccc(C(F)(F)F)cc2Cl)ccc1[N+](=O)[O-].CCS(=O)(=O)c1cccnc1S(=O)(=O)NC(=O)Nc1nc(OC)cc(OC)n1.C[S+](C)C.O=C(Nc1nc(OC(F)F)cc(OC(F)F)n1)NS(=O)(=O)c1ccccc1C(=O)O.O=C(O)CNCP(=O)([O-])O. The van der Waals surface area contributed by atoms with Crippen LogP contribution in [0, 0.1) is 10.1 Å². The number of hydrogen-bond acceptors (Lipinski definition) is 26. The van der Waals surface area contributed by atoms with Crippen LogP contribution in [0.25, 0.3) is 0 Å². The molecule has 0 bridgehead atoms. The number of rotatable bonds is 24. The number of carbonyl (C=O) groups is 4. The molecule has 6 aromatic rings. The number of carboxylic acids is 2. The van der Waals surface area contributed by atoms with Crippen molar-refractivity contribution in [1.29, 1.82) is 0 Å². The van der Waals surface area contributed by atoms with Crippen LogP contribution in [0.15, 0.2) is 106 Å². The number of carbonyl (C=O) groups excluding carboxylic acids is 2. The lowest BCUT2D eigenvalue weighted by Gasteiger charge is -2.14. The van der Waals surface area contributed by atoms with Crippen LogP contribution in [0.5, 0.6) is 40.8 Å². The van der Waals surface area contributed by atoms with Gasteiger partial charge in [-0.25, -0.2) is 45.6 Å². The third-order valence-corrected chi connectivity index (χ3v) is 15.2. The summed E-state index contributed by atoms with van der Waals surface area (Å²) >= 11 is 5.80. The number of nitrogens with zero attached hydrogens (tertiary/aromatic N) is 6. The molecule has 0 aliphatic carbocycles. The van der Waals surface area contributed by atoms with E-state index in [0.717, 1.165) is 42.6 Å². The maximum Gasteiger partial charge on any atom is 0.416 e. The number of methoxy groups -OCH3 is 2. The predicted octanol–water partition coefficient (Wildman–Crippen LogP) is 6.20. The number of amides is 4. The average Bonchev–Trinajstić information content (AvgIpc) is 0.799. The number of aromatic carboxylic acids is 1. The Morgan fingerprint density at radius 3 is 1.68 bits per heavy atom. The summed E-state index contributed by atoms with van der Waals surface area (Å²) in [5.74, 6) is -6.03. The molecule has 3 aromatic carbocycles.